The number of fused-ring (bicyclic) bond motifs is 1. The van der Waals surface area contributed by atoms with Crippen molar-refractivity contribution in [3.05, 3.63) is 48.0 Å². The van der Waals surface area contributed by atoms with Crippen LogP contribution in [0.15, 0.2) is 42.5 Å². The minimum atomic E-state index is -0.612. The van der Waals surface area contributed by atoms with Gasteiger partial charge in [-0.05, 0) is 16.3 Å². The highest BCUT2D eigenvalue weighted by atomic mass is 16.5. The number of hydrogen-bond acceptors (Lipinski definition) is 4. The molecule has 2 aromatic carbocycles. The number of methoxy groups -OCH3 is 1. The van der Waals surface area contributed by atoms with Crippen LogP contribution in [0.5, 0.6) is 0 Å². The van der Waals surface area contributed by atoms with Crippen LogP contribution >= 0.6 is 0 Å². The third kappa shape index (κ3) is 2.88. The maximum Gasteiger partial charge on any atom is 0.328 e. The fourth-order valence-electron chi connectivity index (χ4n) is 2.70. The van der Waals surface area contributed by atoms with Gasteiger partial charge in [0.2, 0.25) is 0 Å². The summed E-state index contributed by atoms with van der Waals surface area (Å²) in [5, 5.41) is 2.12. The van der Waals surface area contributed by atoms with E-state index < -0.39 is 12.0 Å². The van der Waals surface area contributed by atoms with E-state index in [0.717, 1.165) is 21.2 Å². The van der Waals surface area contributed by atoms with E-state index in [4.69, 9.17) is 0 Å². The number of benzene rings is 2. The van der Waals surface area contributed by atoms with Gasteiger partial charge in [0.25, 0.3) is 5.91 Å². The number of amides is 3. The molecule has 6 nitrogen and oxygen atoms in total. The molecule has 6 heteroatoms. The van der Waals surface area contributed by atoms with E-state index in [1.807, 2.05) is 42.5 Å². The molecule has 0 N–H and O–H groups in total. The second kappa shape index (κ2) is 6.08. The fourth-order valence-corrected chi connectivity index (χ4v) is 2.70. The second-order valence-electron chi connectivity index (χ2n) is 5.33. The van der Waals surface area contributed by atoms with E-state index in [-0.39, 0.29) is 19.0 Å². The van der Waals surface area contributed by atoms with Crippen molar-refractivity contribution in [1.29, 1.82) is 0 Å². The third-order valence-electron chi connectivity index (χ3n) is 3.88. The van der Waals surface area contributed by atoms with Crippen molar-refractivity contribution >= 4 is 28.7 Å². The molecule has 0 bridgehead atoms. The van der Waals surface area contributed by atoms with E-state index in [9.17, 15) is 14.4 Å². The zero-order valence-corrected chi connectivity index (χ0v) is 12.7. The summed E-state index contributed by atoms with van der Waals surface area (Å²) in [4.78, 5) is 38.0. The van der Waals surface area contributed by atoms with Gasteiger partial charge in [0.1, 0.15) is 13.1 Å². The van der Waals surface area contributed by atoms with Gasteiger partial charge in [-0.1, -0.05) is 42.5 Å². The molecule has 0 atom stereocenters. The van der Waals surface area contributed by atoms with E-state index in [1.54, 1.807) is 0 Å². The Balaban J connectivity index is 1.82. The highest BCUT2D eigenvalue weighted by molar-refractivity contribution is 6.04. The molecule has 0 unspecified atom stereocenters. The highest BCUT2D eigenvalue weighted by Gasteiger charge is 2.37. The maximum absolute atomic E-state index is 12.3. The molecule has 1 aliphatic heterocycles. The molecule has 0 aliphatic carbocycles. The lowest BCUT2D eigenvalue weighted by Crippen LogP contribution is -2.37. The zero-order valence-electron chi connectivity index (χ0n) is 12.7. The Morgan fingerprint density at radius 1 is 1.13 bits per heavy atom. The first kappa shape index (κ1) is 15.0. The van der Waals surface area contributed by atoms with Crippen molar-refractivity contribution in [3.63, 3.8) is 0 Å². The summed E-state index contributed by atoms with van der Waals surface area (Å²) in [5.41, 5.74) is 0.962. The maximum atomic E-state index is 12.3. The lowest BCUT2D eigenvalue weighted by Gasteiger charge is -2.17. The number of nitrogens with zero attached hydrogens (tertiary/aromatic N) is 2. The van der Waals surface area contributed by atoms with Crippen molar-refractivity contribution in [2.24, 2.45) is 0 Å². The molecule has 0 spiro atoms. The van der Waals surface area contributed by atoms with E-state index in [1.165, 1.54) is 12.0 Å². The van der Waals surface area contributed by atoms with Crippen molar-refractivity contribution < 1.29 is 19.1 Å². The van der Waals surface area contributed by atoms with Crippen LogP contribution in [0.1, 0.15) is 5.56 Å². The predicted molar refractivity (Wildman–Crippen MR) is 83.5 cm³/mol. The van der Waals surface area contributed by atoms with Crippen LogP contribution in [0.25, 0.3) is 10.8 Å². The summed E-state index contributed by atoms with van der Waals surface area (Å²) >= 11 is 0. The standard InChI is InChI=1S/C17H16N2O4/c1-23-16(21)11-19-15(20)10-18(17(19)22)9-13-7-4-6-12-5-2-3-8-14(12)13/h2-8H,9-11H2,1H3. The number of esters is 1. The van der Waals surface area contributed by atoms with Gasteiger partial charge in [0.15, 0.2) is 0 Å². The lowest BCUT2D eigenvalue weighted by molar-refractivity contribution is -0.144. The SMILES string of the molecule is COC(=O)CN1C(=O)CN(Cc2cccc3ccccc23)C1=O. The molecular formula is C17H16N2O4. The van der Waals surface area contributed by atoms with Crippen LogP contribution in [0.2, 0.25) is 0 Å². The molecule has 2 aromatic rings. The average molecular weight is 312 g/mol. The van der Waals surface area contributed by atoms with Crippen LogP contribution in [0.4, 0.5) is 4.79 Å². The molecule has 1 fully saturated rings. The Morgan fingerprint density at radius 2 is 1.87 bits per heavy atom. The number of hydrogen-bond donors (Lipinski definition) is 0. The molecule has 23 heavy (non-hydrogen) atoms. The zero-order chi connectivity index (χ0) is 16.4. The summed E-state index contributed by atoms with van der Waals surface area (Å²) in [6.07, 6.45) is 0. The van der Waals surface area contributed by atoms with E-state index in [0.29, 0.717) is 6.54 Å². The first-order valence-electron chi connectivity index (χ1n) is 7.23. The minimum Gasteiger partial charge on any atom is -0.468 e. The van der Waals surface area contributed by atoms with Crippen LogP contribution in [-0.4, -0.2) is 47.9 Å². The molecule has 0 aromatic heterocycles. The van der Waals surface area contributed by atoms with E-state index >= 15 is 0 Å². The van der Waals surface area contributed by atoms with E-state index in [2.05, 4.69) is 4.74 Å². The van der Waals surface area contributed by atoms with Crippen LogP contribution in [0.3, 0.4) is 0 Å². The van der Waals surface area contributed by atoms with Gasteiger partial charge in [-0.3, -0.25) is 14.5 Å². The summed E-state index contributed by atoms with van der Waals surface area (Å²) in [6.45, 7) is -0.0527. The van der Waals surface area contributed by atoms with Gasteiger partial charge < -0.3 is 9.64 Å². The first-order valence-corrected chi connectivity index (χ1v) is 7.23. The largest absolute Gasteiger partial charge is 0.468 e. The van der Waals surface area contributed by atoms with Gasteiger partial charge >= 0.3 is 12.0 Å². The van der Waals surface area contributed by atoms with Gasteiger partial charge in [0.05, 0.1) is 7.11 Å². The summed E-state index contributed by atoms with van der Waals surface area (Å²) < 4.78 is 4.52. The third-order valence-corrected chi connectivity index (χ3v) is 3.88. The number of carbonyl (C=O) groups is 3. The Morgan fingerprint density at radius 3 is 2.65 bits per heavy atom. The molecule has 3 rings (SSSR count). The first-order chi connectivity index (χ1) is 11.1. The van der Waals surface area contributed by atoms with Crippen LogP contribution < -0.4 is 0 Å². The number of rotatable bonds is 4. The average Bonchev–Trinajstić information content (AvgIpc) is 2.82. The molecule has 1 aliphatic rings. The number of urea groups is 1. The molecule has 1 saturated heterocycles. The molecule has 118 valence electrons. The normalized spacial score (nSPS) is 14.7. The summed E-state index contributed by atoms with van der Waals surface area (Å²) in [6, 6.07) is 13.3. The Hall–Kier alpha value is -2.89. The topological polar surface area (TPSA) is 66.9 Å². The van der Waals surface area contributed by atoms with Gasteiger partial charge in [-0.25, -0.2) is 4.79 Å². The Bertz CT molecular complexity index is 782. The quantitative estimate of drug-likeness (QED) is 0.637. The van der Waals surface area contributed by atoms with Gasteiger partial charge in [0, 0.05) is 6.54 Å². The Kier molecular flexibility index (Phi) is 3.97. The summed E-state index contributed by atoms with van der Waals surface area (Å²) in [5.74, 6) is -1.00. The van der Waals surface area contributed by atoms with Gasteiger partial charge in [-0.2, -0.15) is 0 Å². The van der Waals surface area contributed by atoms with Crippen molar-refractivity contribution in [1.82, 2.24) is 9.80 Å². The molecule has 0 saturated carbocycles. The van der Waals surface area contributed by atoms with Gasteiger partial charge in [-0.15, -0.1) is 0 Å². The smallest absolute Gasteiger partial charge is 0.328 e. The number of carbonyl (C=O) groups excluding carboxylic acids is 3. The monoisotopic (exact) mass is 312 g/mol. The molecule has 3 amide bonds. The van der Waals surface area contributed by atoms with Crippen molar-refractivity contribution in [3.8, 4) is 0 Å². The van der Waals surface area contributed by atoms with Crippen molar-refractivity contribution in [2.75, 3.05) is 20.2 Å². The minimum absolute atomic E-state index is 0.0287. The lowest BCUT2D eigenvalue weighted by atomic mass is 10.0. The number of ether oxygens (including phenoxy) is 1. The second-order valence-corrected chi connectivity index (χ2v) is 5.33. The van der Waals surface area contributed by atoms with Crippen LogP contribution in [-0.2, 0) is 20.9 Å². The van der Waals surface area contributed by atoms with Crippen molar-refractivity contribution in [2.45, 2.75) is 6.54 Å². The molecule has 0 radical (unpaired) electrons. The molecule has 1 heterocycles. The fraction of sp³-hybridized carbons (Fsp3) is 0.235. The Labute approximate surface area is 133 Å². The highest BCUT2D eigenvalue weighted by Crippen LogP contribution is 2.22. The van der Waals surface area contributed by atoms with Crippen LogP contribution in [0, 0.1) is 0 Å². The number of imide groups is 1. The summed E-state index contributed by atoms with van der Waals surface area (Å²) in [7, 11) is 1.22. The predicted octanol–water partition coefficient (Wildman–Crippen LogP) is 1.78. The molecular weight excluding hydrogens is 296 g/mol.